The fourth-order valence-electron chi connectivity index (χ4n) is 3.62. The van der Waals surface area contributed by atoms with Gasteiger partial charge in [-0.3, -0.25) is 9.89 Å². The average Bonchev–Trinajstić information content (AvgIpc) is 3.32. The van der Waals surface area contributed by atoms with Crippen LogP contribution >= 0.6 is 22.7 Å². The number of carbonyl (C=O) groups excluding carboxylic acids is 1. The van der Waals surface area contributed by atoms with Crippen LogP contribution in [-0.4, -0.2) is 34.1 Å². The molecule has 0 atom stereocenters. The van der Waals surface area contributed by atoms with Crippen molar-refractivity contribution in [1.29, 1.82) is 0 Å². The number of H-pyrrole nitrogens is 1. The van der Waals surface area contributed by atoms with Gasteiger partial charge in [0.2, 0.25) is 0 Å². The SMILES string of the molecule is O=C(c1n[nH]c2c1C=CC(c1cccs1)(c1cccs1)C2)N1CCC1. The van der Waals surface area contributed by atoms with Crippen molar-refractivity contribution in [3.8, 4) is 0 Å². The Morgan fingerprint density at radius 2 is 1.88 bits per heavy atom. The summed E-state index contributed by atoms with van der Waals surface area (Å²) in [7, 11) is 0. The van der Waals surface area contributed by atoms with Crippen molar-refractivity contribution in [3.63, 3.8) is 0 Å². The van der Waals surface area contributed by atoms with E-state index in [0.717, 1.165) is 37.2 Å². The lowest BCUT2D eigenvalue weighted by atomic mass is 9.75. The zero-order valence-corrected chi connectivity index (χ0v) is 15.2. The third-order valence-corrected chi connectivity index (χ3v) is 7.24. The maximum absolute atomic E-state index is 12.6. The van der Waals surface area contributed by atoms with Gasteiger partial charge in [0.05, 0.1) is 5.41 Å². The summed E-state index contributed by atoms with van der Waals surface area (Å²) in [5.74, 6) is 0.0492. The van der Waals surface area contributed by atoms with Gasteiger partial charge in [-0.1, -0.05) is 24.3 Å². The normalized spacial score (nSPS) is 18.0. The van der Waals surface area contributed by atoms with E-state index in [9.17, 15) is 4.79 Å². The quantitative estimate of drug-likeness (QED) is 0.762. The molecule has 1 saturated heterocycles. The molecule has 0 spiro atoms. The molecule has 3 aromatic heterocycles. The summed E-state index contributed by atoms with van der Waals surface area (Å²) in [5, 5.41) is 11.8. The predicted molar refractivity (Wildman–Crippen MR) is 101 cm³/mol. The second-order valence-corrected chi connectivity index (χ2v) is 8.44. The highest BCUT2D eigenvalue weighted by Gasteiger charge is 2.39. The van der Waals surface area contributed by atoms with E-state index in [2.05, 4.69) is 57.4 Å². The fourth-order valence-corrected chi connectivity index (χ4v) is 5.53. The number of nitrogens with one attached hydrogen (secondary N) is 1. The molecule has 4 heterocycles. The molecule has 0 saturated carbocycles. The Bertz CT molecular complexity index is 899. The molecule has 5 rings (SSSR count). The number of aromatic nitrogens is 2. The molecule has 4 nitrogen and oxygen atoms in total. The molecule has 0 bridgehead atoms. The summed E-state index contributed by atoms with van der Waals surface area (Å²) >= 11 is 3.56. The largest absolute Gasteiger partial charge is 0.337 e. The summed E-state index contributed by atoms with van der Waals surface area (Å²) in [4.78, 5) is 17.1. The van der Waals surface area contributed by atoms with E-state index in [1.54, 1.807) is 22.7 Å². The number of thiophene rings is 2. The van der Waals surface area contributed by atoms with Gasteiger partial charge in [-0.2, -0.15) is 5.10 Å². The second kappa shape index (κ2) is 5.68. The number of carbonyl (C=O) groups is 1. The number of hydrogen-bond donors (Lipinski definition) is 1. The van der Waals surface area contributed by atoms with Crippen molar-refractivity contribution in [2.24, 2.45) is 0 Å². The number of fused-ring (bicyclic) bond motifs is 1. The van der Waals surface area contributed by atoms with Crippen LogP contribution in [0.3, 0.4) is 0 Å². The molecule has 6 heteroatoms. The summed E-state index contributed by atoms with van der Waals surface area (Å²) in [5.41, 5.74) is 2.41. The topological polar surface area (TPSA) is 49.0 Å². The third kappa shape index (κ3) is 2.24. The zero-order chi connectivity index (χ0) is 16.9. The molecular weight excluding hydrogens is 350 g/mol. The van der Waals surface area contributed by atoms with E-state index >= 15 is 0 Å². The van der Waals surface area contributed by atoms with Crippen LogP contribution in [0, 0.1) is 0 Å². The Balaban J connectivity index is 1.58. The molecule has 1 amide bonds. The zero-order valence-electron chi connectivity index (χ0n) is 13.6. The summed E-state index contributed by atoms with van der Waals surface area (Å²) in [6, 6.07) is 8.60. The molecule has 25 heavy (non-hydrogen) atoms. The minimum Gasteiger partial charge on any atom is -0.337 e. The van der Waals surface area contributed by atoms with E-state index < -0.39 is 0 Å². The van der Waals surface area contributed by atoms with Crippen molar-refractivity contribution >= 4 is 34.7 Å². The van der Waals surface area contributed by atoms with Crippen molar-refractivity contribution in [3.05, 3.63) is 67.8 Å². The standard InChI is InChI=1S/C19H17N3OS2/c23-18(22-8-3-9-22)17-13-6-7-19(12-14(13)20-21-17,15-4-1-10-24-15)16-5-2-11-25-16/h1-2,4-7,10-11H,3,8-9,12H2,(H,20,21). The van der Waals surface area contributed by atoms with Crippen molar-refractivity contribution < 1.29 is 4.79 Å². The summed E-state index contributed by atoms with van der Waals surface area (Å²) < 4.78 is 0. The van der Waals surface area contributed by atoms with Crippen LogP contribution in [-0.2, 0) is 11.8 Å². The molecule has 1 aliphatic carbocycles. The van der Waals surface area contributed by atoms with E-state index in [4.69, 9.17) is 0 Å². The Morgan fingerprint density at radius 1 is 1.16 bits per heavy atom. The average molecular weight is 367 g/mol. The maximum atomic E-state index is 12.6. The van der Waals surface area contributed by atoms with Gasteiger partial charge in [0, 0.05) is 40.5 Å². The number of aromatic amines is 1. The van der Waals surface area contributed by atoms with Crippen LogP contribution in [0.4, 0.5) is 0 Å². The van der Waals surface area contributed by atoms with Crippen LogP contribution < -0.4 is 0 Å². The summed E-state index contributed by atoms with van der Waals surface area (Å²) in [6.45, 7) is 1.69. The molecule has 126 valence electrons. The third-order valence-electron chi connectivity index (χ3n) is 5.14. The van der Waals surface area contributed by atoms with E-state index in [-0.39, 0.29) is 11.3 Å². The minimum atomic E-state index is -0.168. The second-order valence-electron chi connectivity index (χ2n) is 6.55. The molecule has 1 aliphatic heterocycles. The molecule has 1 fully saturated rings. The lowest BCUT2D eigenvalue weighted by Crippen LogP contribution is -2.42. The first kappa shape index (κ1) is 15.1. The van der Waals surface area contributed by atoms with Crippen LogP contribution in [0.2, 0.25) is 0 Å². The van der Waals surface area contributed by atoms with Crippen LogP contribution in [0.1, 0.15) is 37.9 Å². The van der Waals surface area contributed by atoms with Gasteiger partial charge < -0.3 is 4.90 Å². The molecule has 3 aromatic rings. The molecule has 1 N–H and O–H groups in total. The lowest BCUT2D eigenvalue weighted by molar-refractivity contribution is 0.0645. The Labute approximate surface area is 153 Å². The van der Waals surface area contributed by atoms with Crippen molar-refractivity contribution in [2.45, 2.75) is 18.3 Å². The first-order chi connectivity index (χ1) is 12.3. The Kier molecular flexibility index (Phi) is 3.43. The number of nitrogens with zero attached hydrogens (tertiary/aromatic N) is 2. The predicted octanol–water partition coefficient (Wildman–Crippen LogP) is 3.93. The molecule has 0 unspecified atom stereocenters. The number of rotatable bonds is 3. The molecule has 0 aromatic carbocycles. The smallest absolute Gasteiger partial charge is 0.274 e. The highest BCUT2D eigenvalue weighted by Crippen LogP contribution is 2.45. The van der Waals surface area contributed by atoms with E-state index in [1.807, 2.05) is 4.90 Å². The lowest BCUT2D eigenvalue weighted by Gasteiger charge is -2.32. The first-order valence-corrected chi connectivity index (χ1v) is 10.2. The van der Waals surface area contributed by atoms with Gasteiger partial charge in [0.1, 0.15) is 0 Å². The number of hydrogen-bond acceptors (Lipinski definition) is 4. The van der Waals surface area contributed by atoms with Crippen LogP contribution in [0.25, 0.3) is 6.08 Å². The molecule has 0 radical (unpaired) electrons. The van der Waals surface area contributed by atoms with Gasteiger partial charge in [0.25, 0.3) is 5.91 Å². The van der Waals surface area contributed by atoms with Crippen LogP contribution in [0.5, 0.6) is 0 Å². The van der Waals surface area contributed by atoms with E-state index in [0.29, 0.717) is 5.69 Å². The fraction of sp³-hybridized carbons (Fsp3) is 0.263. The number of amides is 1. The Morgan fingerprint density at radius 3 is 2.44 bits per heavy atom. The molecular formula is C19H17N3OS2. The van der Waals surface area contributed by atoms with Crippen molar-refractivity contribution in [2.75, 3.05) is 13.1 Å². The molecule has 2 aliphatic rings. The van der Waals surface area contributed by atoms with Gasteiger partial charge in [0.15, 0.2) is 5.69 Å². The number of allylic oxidation sites excluding steroid dienone is 1. The van der Waals surface area contributed by atoms with E-state index in [1.165, 1.54) is 9.75 Å². The first-order valence-electron chi connectivity index (χ1n) is 8.42. The monoisotopic (exact) mass is 367 g/mol. The Hall–Kier alpha value is -2.18. The number of likely N-dealkylation sites (tertiary alicyclic amines) is 1. The summed E-state index contributed by atoms with van der Waals surface area (Å²) in [6.07, 6.45) is 6.25. The minimum absolute atomic E-state index is 0.0492. The van der Waals surface area contributed by atoms with Gasteiger partial charge in [-0.15, -0.1) is 22.7 Å². The van der Waals surface area contributed by atoms with Crippen LogP contribution in [0.15, 0.2) is 41.1 Å². The highest BCUT2D eigenvalue weighted by atomic mass is 32.1. The maximum Gasteiger partial charge on any atom is 0.274 e. The van der Waals surface area contributed by atoms with Gasteiger partial charge in [-0.25, -0.2) is 0 Å². The highest BCUT2D eigenvalue weighted by molar-refractivity contribution is 7.11. The van der Waals surface area contributed by atoms with Gasteiger partial charge >= 0.3 is 0 Å². The van der Waals surface area contributed by atoms with Gasteiger partial charge in [-0.05, 0) is 29.3 Å². The van der Waals surface area contributed by atoms with Crippen molar-refractivity contribution in [1.82, 2.24) is 15.1 Å².